The van der Waals surface area contributed by atoms with Gasteiger partial charge in [-0.3, -0.25) is 29.0 Å². The third-order valence-corrected chi connectivity index (χ3v) is 4.36. The highest BCUT2D eigenvalue weighted by Gasteiger charge is 2.29. The summed E-state index contributed by atoms with van der Waals surface area (Å²) in [4.78, 5) is 70.1. The Morgan fingerprint density at radius 1 is 1.06 bits per heavy atom. The topological polar surface area (TPSA) is 287 Å². The fraction of sp³-hybridized carbons (Fsp3) is 0.500. The minimum absolute atomic E-state index is 0.0433. The van der Waals surface area contributed by atoms with Crippen LogP contribution < -0.4 is 38.9 Å². The van der Waals surface area contributed by atoms with E-state index in [4.69, 9.17) is 28.0 Å². The fourth-order valence-electron chi connectivity index (χ4n) is 2.74. The Hall–Kier alpha value is -4.21. The number of primary amides is 1. The number of nitrogens with one attached hydrogen (secondary N) is 4. The summed E-state index contributed by atoms with van der Waals surface area (Å²) in [6.45, 7) is -0.493. The zero-order valence-electron chi connectivity index (χ0n) is 18.3. The normalized spacial score (nSPS) is 13.1. The summed E-state index contributed by atoms with van der Waals surface area (Å²) in [5.74, 6) is -4.53. The van der Waals surface area contributed by atoms with Crippen molar-refractivity contribution in [2.45, 2.75) is 43.8 Å². The van der Waals surface area contributed by atoms with E-state index in [1.54, 1.807) is 0 Å². The number of hydrogen-bond acceptors (Lipinski definition) is 8. The summed E-state index contributed by atoms with van der Waals surface area (Å²) >= 11 is 0. The van der Waals surface area contributed by atoms with Crippen molar-refractivity contribution in [3.05, 3.63) is 18.2 Å². The van der Waals surface area contributed by atoms with Crippen LogP contribution in [0.1, 0.15) is 25.0 Å². The number of rotatable bonds is 15. The summed E-state index contributed by atoms with van der Waals surface area (Å²) in [5.41, 5.74) is 21.7. The SMILES string of the molecule is NC(=O)CC(N)C(=O)NC(Cc1cnc[nH]1)C(=O)NC(CCCN=C(N)N)C(=O)NCC(=O)O. The molecule has 0 radical (unpaired) electrons. The van der Waals surface area contributed by atoms with E-state index in [2.05, 4.69) is 30.9 Å². The highest BCUT2D eigenvalue weighted by molar-refractivity contribution is 5.94. The molecule has 0 saturated carbocycles. The Morgan fingerprint density at radius 3 is 2.29 bits per heavy atom. The minimum Gasteiger partial charge on any atom is -0.480 e. The first kappa shape index (κ1) is 27.8. The zero-order valence-corrected chi connectivity index (χ0v) is 18.3. The number of carboxylic acids is 1. The molecule has 3 atom stereocenters. The quantitative estimate of drug-likeness (QED) is 0.0654. The second kappa shape index (κ2) is 14.0. The number of aromatic amines is 1. The Labute approximate surface area is 194 Å². The fourth-order valence-corrected chi connectivity index (χ4v) is 2.74. The molecule has 0 bridgehead atoms. The number of guanidine groups is 1. The van der Waals surface area contributed by atoms with Crippen LogP contribution in [0.5, 0.6) is 0 Å². The predicted molar refractivity (Wildman–Crippen MR) is 118 cm³/mol. The molecule has 1 rings (SSSR count). The van der Waals surface area contributed by atoms with Crippen molar-refractivity contribution in [2.24, 2.45) is 27.9 Å². The number of carboxylic acid groups (broad SMARTS) is 1. The lowest BCUT2D eigenvalue weighted by molar-refractivity contribution is -0.138. The van der Waals surface area contributed by atoms with Gasteiger partial charge >= 0.3 is 5.97 Å². The van der Waals surface area contributed by atoms with Crippen LogP contribution in [0.15, 0.2) is 17.5 Å². The molecule has 34 heavy (non-hydrogen) atoms. The average molecular weight is 483 g/mol. The molecule has 16 nitrogen and oxygen atoms in total. The number of aromatic nitrogens is 2. The molecule has 0 saturated heterocycles. The van der Waals surface area contributed by atoms with E-state index in [-0.39, 0.29) is 31.8 Å². The number of nitrogens with two attached hydrogens (primary N) is 4. The first-order valence-corrected chi connectivity index (χ1v) is 10.2. The number of aliphatic imine (C=N–C) groups is 1. The maximum absolute atomic E-state index is 13.0. The van der Waals surface area contributed by atoms with Gasteiger partial charge in [-0.1, -0.05) is 0 Å². The van der Waals surface area contributed by atoms with Crippen molar-refractivity contribution in [3.63, 3.8) is 0 Å². The van der Waals surface area contributed by atoms with Crippen LogP contribution in [0.4, 0.5) is 0 Å². The second-order valence-corrected chi connectivity index (χ2v) is 7.24. The standard InChI is InChI=1S/C18H30N10O6/c19-10(5-13(20)29)15(32)28-12(4-9-6-23-8-26-9)17(34)27-11(2-1-3-24-18(21)22)16(33)25-7-14(30)31/h6,8,10-12H,1-5,7,19H2,(H2,20,29)(H,23,26)(H,25,33)(H,27,34)(H,28,32)(H,30,31)(H4,21,22,24). The van der Waals surface area contributed by atoms with Crippen LogP contribution in [0, 0.1) is 0 Å². The number of carbonyl (C=O) groups is 5. The van der Waals surface area contributed by atoms with Crippen LogP contribution in [-0.2, 0) is 30.4 Å². The minimum atomic E-state index is -1.29. The number of imidazole rings is 1. The van der Waals surface area contributed by atoms with Gasteiger partial charge < -0.3 is 49.0 Å². The number of amides is 4. The van der Waals surface area contributed by atoms with E-state index >= 15 is 0 Å². The largest absolute Gasteiger partial charge is 0.480 e. The maximum Gasteiger partial charge on any atom is 0.322 e. The van der Waals surface area contributed by atoms with Gasteiger partial charge in [0.15, 0.2) is 5.96 Å². The Morgan fingerprint density at radius 2 is 1.74 bits per heavy atom. The lowest BCUT2D eigenvalue weighted by atomic mass is 10.1. The van der Waals surface area contributed by atoms with Crippen LogP contribution in [0.3, 0.4) is 0 Å². The molecule has 1 aromatic heterocycles. The number of aliphatic carboxylic acids is 1. The zero-order chi connectivity index (χ0) is 25.7. The molecule has 4 amide bonds. The Balaban J connectivity index is 2.97. The third-order valence-electron chi connectivity index (χ3n) is 4.36. The average Bonchev–Trinajstić information content (AvgIpc) is 3.25. The lowest BCUT2D eigenvalue weighted by Crippen LogP contribution is -2.57. The van der Waals surface area contributed by atoms with E-state index in [0.29, 0.717) is 5.69 Å². The van der Waals surface area contributed by atoms with E-state index in [1.165, 1.54) is 12.5 Å². The van der Waals surface area contributed by atoms with Crippen LogP contribution >= 0.6 is 0 Å². The van der Waals surface area contributed by atoms with Gasteiger partial charge in [-0.05, 0) is 12.8 Å². The molecule has 13 N–H and O–H groups in total. The number of nitrogens with zero attached hydrogens (tertiary/aromatic N) is 2. The van der Waals surface area contributed by atoms with Gasteiger partial charge in [-0.2, -0.15) is 0 Å². The first-order chi connectivity index (χ1) is 16.0. The molecule has 1 heterocycles. The van der Waals surface area contributed by atoms with Gasteiger partial charge in [0.25, 0.3) is 0 Å². The van der Waals surface area contributed by atoms with E-state index in [9.17, 15) is 24.0 Å². The van der Waals surface area contributed by atoms with Crippen molar-refractivity contribution in [1.29, 1.82) is 0 Å². The van der Waals surface area contributed by atoms with E-state index in [0.717, 1.165) is 0 Å². The highest BCUT2D eigenvalue weighted by Crippen LogP contribution is 2.04. The van der Waals surface area contributed by atoms with Gasteiger partial charge in [0.1, 0.15) is 18.6 Å². The van der Waals surface area contributed by atoms with Gasteiger partial charge in [-0.15, -0.1) is 0 Å². The first-order valence-electron chi connectivity index (χ1n) is 10.2. The highest BCUT2D eigenvalue weighted by atomic mass is 16.4. The van der Waals surface area contributed by atoms with Crippen molar-refractivity contribution in [1.82, 2.24) is 25.9 Å². The number of carbonyl (C=O) groups excluding carboxylic acids is 4. The van der Waals surface area contributed by atoms with E-state index in [1.807, 2.05) is 0 Å². The monoisotopic (exact) mass is 482 g/mol. The summed E-state index contributed by atoms with van der Waals surface area (Å²) in [7, 11) is 0. The molecule has 0 aliphatic heterocycles. The molecule has 0 aliphatic rings. The van der Waals surface area contributed by atoms with Crippen molar-refractivity contribution < 1.29 is 29.1 Å². The molecule has 0 aromatic carbocycles. The maximum atomic E-state index is 13.0. The van der Waals surface area contributed by atoms with Crippen LogP contribution in [0.25, 0.3) is 0 Å². The molecule has 1 aromatic rings. The molecule has 0 fully saturated rings. The van der Waals surface area contributed by atoms with E-state index < -0.39 is 60.7 Å². The van der Waals surface area contributed by atoms with Gasteiger partial charge in [0.05, 0.1) is 18.8 Å². The summed E-state index contributed by atoms with van der Waals surface area (Å²) in [5, 5.41) is 15.9. The molecular weight excluding hydrogens is 452 g/mol. The van der Waals surface area contributed by atoms with Crippen molar-refractivity contribution in [3.8, 4) is 0 Å². The van der Waals surface area contributed by atoms with Gasteiger partial charge in [-0.25, -0.2) is 4.98 Å². The molecule has 16 heteroatoms. The van der Waals surface area contributed by atoms with Crippen molar-refractivity contribution in [2.75, 3.05) is 13.1 Å². The lowest BCUT2D eigenvalue weighted by Gasteiger charge is -2.23. The van der Waals surface area contributed by atoms with Crippen molar-refractivity contribution >= 4 is 35.6 Å². The molecule has 0 spiro atoms. The Kier molecular flexibility index (Phi) is 11.5. The number of hydrogen-bond donors (Lipinski definition) is 9. The summed E-state index contributed by atoms with van der Waals surface area (Å²) < 4.78 is 0. The summed E-state index contributed by atoms with van der Waals surface area (Å²) in [6, 6.07) is -3.65. The predicted octanol–water partition coefficient (Wildman–Crippen LogP) is -4.62. The smallest absolute Gasteiger partial charge is 0.322 e. The molecule has 3 unspecified atom stereocenters. The molecule has 0 aliphatic carbocycles. The summed E-state index contributed by atoms with van der Waals surface area (Å²) in [6.07, 6.45) is 2.68. The Bertz CT molecular complexity index is 884. The van der Waals surface area contributed by atoms with Gasteiger partial charge in [0.2, 0.25) is 23.6 Å². The van der Waals surface area contributed by atoms with Crippen LogP contribution in [-0.4, -0.2) is 81.8 Å². The van der Waals surface area contributed by atoms with Gasteiger partial charge in [0, 0.05) is 24.9 Å². The second-order valence-electron chi connectivity index (χ2n) is 7.24. The molecular formula is C18H30N10O6. The van der Waals surface area contributed by atoms with Crippen LogP contribution in [0.2, 0.25) is 0 Å². The molecule has 188 valence electrons. The third kappa shape index (κ3) is 10.9. The number of H-pyrrole nitrogens is 1.